The molecule has 1 atom stereocenters. The number of hydrogen-bond donors (Lipinski definition) is 4. The van der Waals surface area contributed by atoms with Crippen LogP contribution < -0.4 is 30.9 Å². The highest BCUT2D eigenvalue weighted by Crippen LogP contribution is 2.40. The molecule has 1 aliphatic carbocycles. The number of imidazole rings is 1. The Morgan fingerprint density at radius 1 is 1.16 bits per heavy atom. The third-order valence-electron chi connectivity index (χ3n) is 8.37. The fourth-order valence-electron chi connectivity index (χ4n) is 6.13. The third kappa shape index (κ3) is 5.25. The van der Waals surface area contributed by atoms with Gasteiger partial charge in [0.2, 0.25) is 11.9 Å². The van der Waals surface area contributed by atoms with E-state index >= 15 is 0 Å². The van der Waals surface area contributed by atoms with Gasteiger partial charge in [-0.2, -0.15) is 4.98 Å². The molecule has 3 amide bonds. The molecule has 228 valence electrons. The van der Waals surface area contributed by atoms with E-state index in [0.29, 0.717) is 57.5 Å². The SMILES string of the molecule is CC[C@@H]1C(=O)N(C)c2cnc(Nc3ccc(C(=O)NCc4nc5c(C(N)=O)cccc5[nH]4)cc3OC)nc2N1C1CCCC1. The number of methoxy groups -OCH3 is 1. The lowest BCUT2D eigenvalue weighted by Gasteiger charge is -2.43. The molecule has 5 N–H and O–H groups in total. The number of H-pyrrole nitrogens is 1. The number of para-hydroxylation sites is 1. The van der Waals surface area contributed by atoms with E-state index in [1.807, 2.05) is 6.92 Å². The van der Waals surface area contributed by atoms with Gasteiger partial charge in [-0.05, 0) is 49.6 Å². The number of nitrogens with zero attached hydrogens (tertiary/aromatic N) is 5. The molecule has 13 nitrogen and oxygen atoms in total. The molecule has 0 spiro atoms. The summed E-state index contributed by atoms with van der Waals surface area (Å²) in [6.07, 6.45) is 6.70. The molecule has 0 saturated heterocycles. The minimum atomic E-state index is -0.571. The lowest BCUT2D eigenvalue weighted by Crippen LogP contribution is -2.55. The molecule has 2 aromatic carbocycles. The van der Waals surface area contributed by atoms with E-state index < -0.39 is 5.91 Å². The molecular formula is C31H35N9O4. The van der Waals surface area contributed by atoms with Gasteiger partial charge >= 0.3 is 0 Å². The van der Waals surface area contributed by atoms with Crippen LogP contribution in [0.15, 0.2) is 42.6 Å². The Labute approximate surface area is 254 Å². The average molecular weight is 598 g/mol. The molecule has 6 rings (SSSR count). The highest BCUT2D eigenvalue weighted by Gasteiger charge is 2.41. The van der Waals surface area contributed by atoms with Crippen LogP contribution >= 0.6 is 0 Å². The summed E-state index contributed by atoms with van der Waals surface area (Å²) in [5, 5.41) is 6.08. The summed E-state index contributed by atoms with van der Waals surface area (Å²) in [4.78, 5) is 58.7. The minimum absolute atomic E-state index is 0.0578. The maximum Gasteiger partial charge on any atom is 0.251 e. The van der Waals surface area contributed by atoms with E-state index in [-0.39, 0.29) is 30.4 Å². The van der Waals surface area contributed by atoms with Crippen LogP contribution in [0.25, 0.3) is 11.0 Å². The molecule has 0 radical (unpaired) electrons. The number of aromatic nitrogens is 4. The van der Waals surface area contributed by atoms with Gasteiger partial charge in [0.15, 0.2) is 5.82 Å². The largest absolute Gasteiger partial charge is 0.495 e. The first-order chi connectivity index (χ1) is 21.3. The van der Waals surface area contributed by atoms with E-state index in [0.717, 1.165) is 31.5 Å². The van der Waals surface area contributed by atoms with E-state index in [9.17, 15) is 14.4 Å². The first-order valence-corrected chi connectivity index (χ1v) is 14.7. The van der Waals surface area contributed by atoms with Crippen LogP contribution in [0.5, 0.6) is 5.75 Å². The van der Waals surface area contributed by atoms with Crippen molar-refractivity contribution in [3.8, 4) is 5.75 Å². The summed E-state index contributed by atoms with van der Waals surface area (Å²) in [7, 11) is 3.29. The zero-order valence-corrected chi connectivity index (χ0v) is 24.9. The smallest absolute Gasteiger partial charge is 0.251 e. The molecule has 2 aliphatic rings. The molecular weight excluding hydrogens is 562 g/mol. The van der Waals surface area contributed by atoms with Crippen LogP contribution in [0.2, 0.25) is 0 Å². The van der Waals surface area contributed by atoms with Crippen LogP contribution in [0.1, 0.15) is 65.6 Å². The first kappa shape index (κ1) is 28.9. The number of amides is 3. The number of hydrogen-bond acceptors (Lipinski definition) is 9. The Morgan fingerprint density at radius 3 is 2.68 bits per heavy atom. The van der Waals surface area contributed by atoms with Crippen molar-refractivity contribution in [1.82, 2.24) is 25.3 Å². The number of carbonyl (C=O) groups excluding carboxylic acids is 3. The van der Waals surface area contributed by atoms with Crippen LogP contribution in [0.3, 0.4) is 0 Å². The number of fused-ring (bicyclic) bond motifs is 2. The highest BCUT2D eigenvalue weighted by atomic mass is 16.5. The maximum atomic E-state index is 13.2. The fraction of sp³-hybridized carbons (Fsp3) is 0.355. The summed E-state index contributed by atoms with van der Waals surface area (Å²) in [6.45, 7) is 2.15. The second-order valence-corrected chi connectivity index (χ2v) is 11.0. The maximum absolute atomic E-state index is 13.2. The van der Waals surface area contributed by atoms with E-state index in [4.69, 9.17) is 15.5 Å². The van der Waals surface area contributed by atoms with Crippen molar-refractivity contribution in [3.05, 3.63) is 59.5 Å². The average Bonchev–Trinajstić information content (AvgIpc) is 3.71. The number of aromatic amines is 1. The van der Waals surface area contributed by atoms with Gasteiger partial charge < -0.3 is 35.9 Å². The zero-order valence-electron chi connectivity index (χ0n) is 24.9. The third-order valence-corrected chi connectivity index (χ3v) is 8.37. The van der Waals surface area contributed by atoms with Gasteiger partial charge in [0.05, 0.1) is 36.6 Å². The van der Waals surface area contributed by atoms with E-state index in [1.165, 1.54) is 7.11 Å². The lowest BCUT2D eigenvalue weighted by atomic mass is 10.0. The van der Waals surface area contributed by atoms with Gasteiger partial charge in [0.1, 0.15) is 28.8 Å². The molecule has 4 aromatic rings. The molecule has 3 heterocycles. The summed E-state index contributed by atoms with van der Waals surface area (Å²) in [5.41, 5.74) is 8.53. The topological polar surface area (TPSA) is 171 Å². The Morgan fingerprint density at radius 2 is 1.95 bits per heavy atom. The van der Waals surface area contributed by atoms with Gasteiger partial charge in [0.25, 0.3) is 11.8 Å². The van der Waals surface area contributed by atoms with Crippen LogP contribution in [-0.2, 0) is 11.3 Å². The van der Waals surface area contributed by atoms with Crippen molar-refractivity contribution < 1.29 is 19.1 Å². The normalized spacial score (nSPS) is 16.7. The lowest BCUT2D eigenvalue weighted by molar-refractivity contribution is -0.120. The molecule has 44 heavy (non-hydrogen) atoms. The predicted octanol–water partition coefficient (Wildman–Crippen LogP) is 3.64. The Bertz CT molecular complexity index is 1750. The molecule has 1 fully saturated rings. The highest BCUT2D eigenvalue weighted by molar-refractivity contribution is 6.05. The number of benzene rings is 2. The number of likely N-dealkylation sites (N-methyl/N-ethyl adjacent to an activating group) is 1. The summed E-state index contributed by atoms with van der Waals surface area (Å²) >= 11 is 0. The number of nitrogens with two attached hydrogens (primary N) is 1. The second-order valence-electron chi connectivity index (χ2n) is 11.0. The van der Waals surface area contributed by atoms with Crippen LogP contribution in [0.4, 0.5) is 23.1 Å². The fourth-order valence-corrected chi connectivity index (χ4v) is 6.13. The molecule has 0 bridgehead atoms. The van der Waals surface area contributed by atoms with E-state index in [2.05, 4.69) is 30.5 Å². The number of primary amides is 1. The minimum Gasteiger partial charge on any atom is -0.495 e. The summed E-state index contributed by atoms with van der Waals surface area (Å²) < 4.78 is 5.60. The molecule has 13 heteroatoms. The van der Waals surface area contributed by atoms with Gasteiger partial charge in [-0.25, -0.2) is 9.97 Å². The van der Waals surface area contributed by atoms with Crippen molar-refractivity contribution >= 4 is 51.9 Å². The van der Waals surface area contributed by atoms with Crippen molar-refractivity contribution in [2.75, 3.05) is 29.3 Å². The Balaban J connectivity index is 1.20. The number of carbonyl (C=O) groups is 3. The van der Waals surface area contributed by atoms with Crippen LogP contribution in [0, 0.1) is 0 Å². The van der Waals surface area contributed by atoms with Crippen molar-refractivity contribution in [1.29, 1.82) is 0 Å². The quantitative estimate of drug-likeness (QED) is 0.225. The molecule has 1 saturated carbocycles. The van der Waals surface area contributed by atoms with Crippen molar-refractivity contribution in [3.63, 3.8) is 0 Å². The van der Waals surface area contributed by atoms with Crippen molar-refractivity contribution in [2.45, 2.75) is 57.7 Å². The first-order valence-electron chi connectivity index (χ1n) is 14.7. The van der Waals surface area contributed by atoms with Gasteiger partial charge in [-0.1, -0.05) is 25.8 Å². The summed E-state index contributed by atoms with van der Waals surface area (Å²) in [5.74, 6) is 1.18. The standard InChI is InChI=1S/C31H35N9O4/c1-4-22-30(43)39(2)23-15-34-31(38-28(23)40(22)18-8-5-6-9-18)36-20-13-12-17(14-24(20)44-3)29(42)33-16-25-35-21-11-7-10-19(27(32)41)26(21)37-25/h7,10-15,18,22H,4-6,8-9,16H2,1-3H3,(H2,32,41)(H,33,42)(H,35,37)(H,34,36,38)/t22-/m1/s1. The number of rotatable bonds is 9. The number of nitrogens with one attached hydrogen (secondary N) is 3. The van der Waals surface area contributed by atoms with Crippen molar-refractivity contribution in [2.24, 2.45) is 5.73 Å². The molecule has 0 unspecified atom stereocenters. The van der Waals surface area contributed by atoms with Gasteiger partial charge in [-0.15, -0.1) is 0 Å². The number of anilines is 4. The second kappa shape index (κ2) is 11.8. The van der Waals surface area contributed by atoms with Gasteiger partial charge in [-0.3, -0.25) is 14.4 Å². The van der Waals surface area contributed by atoms with Crippen LogP contribution in [-0.4, -0.2) is 63.9 Å². The Kier molecular flexibility index (Phi) is 7.77. The predicted molar refractivity (Wildman–Crippen MR) is 166 cm³/mol. The zero-order chi connectivity index (χ0) is 31.0. The van der Waals surface area contributed by atoms with E-state index in [1.54, 1.807) is 54.5 Å². The monoisotopic (exact) mass is 597 g/mol. The van der Waals surface area contributed by atoms with Gasteiger partial charge in [0, 0.05) is 18.7 Å². The molecule has 1 aliphatic heterocycles. The molecule has 2 aromatic heterocycles. The summed E-state index contributed by atoms with van der Waals surface area (Å²) in [6, 6.07) is 10.1. The number of ether oxygens (including phenoxy) is 1. The Hall–Kier alpha value is -5.20.